The number of hydrogen-bond donors (Lipinski definition) is 0. The number of methoxy groups -OCH3 is 1. The number of carbonyl (C=O) groups excluding carboxylic acids is 2. The molecule has 0 fully saturated rings. The summed E-state index contributed by atoms with van der Waals surface area (Å²) in [6, 6.07) is 7.56. The average Bonchev–Trinajstić information content (AvgIpc) is 2.56. The summed E-state index contributed by atoms with van der Waals surface area (Å²) in [5, 5.41) is 0. The van der Waals surface area contributed by atoms with Crippen LogP contribution >= 0.6 is 0 Å². The summed E-state index contributed by atoms with van der Waals surface area (Å²) in [5.74, 6) is -0.0564. The molecule has 138 valence electrons. The van der Waals surface area contributed by atoms with Crippen molar-refractivity contribution in [2.75, 3.05) is 13.7 Å². The molecular weight excluding hydrogens is 318 g/mol. The van der Waals surface area contributed by atoms with Gasteiger partial charge in [-0.2, -0.15) is 0 Å². The number of benzene rings is 1. The summed E-state index contributed by atoms with van der Waals surface area (Å²) >= 11 is 0. The number of ether oxygens (including phenoxy) is 2. The molecule has 0 aliphatic rings. The van der Waals surface area contributed by atoms with Gasteiger partial charge in [-0.3, -0.25) is 9.59 Å². The van der Waals surface area contributed by atoms with Gasteiger partial charge in [0.15, 0.2) is 0 Å². The van der Waals surface area contributed by atoms with Gasteiger partial charge in [-0.15, -0.1) is 0 Å². The number of nitrogens with zero attached hydrogens (tertiary/aromatic N) is 1. The quantitative estimate of drug-likeness (QED) is 0.533. The molecular formula is C20H29NO4. The van der Waals surface area contributed by atoms with E-state index in [1.54, 1.807) is 17.9 Å². The summed E-state index contributed by atoms with van der Waals surface area (Å²) in [7, 11) is 1.35. The third-order valence-electron chi connectivity index (χ3n) is 3.63. The lowest BCUT2D eigenvalue weighted by Crippen LogP contribution is -2.40. The van der Waals surface area contributed by atoms with Gasteiger partial charge in [0.2, 0.25) is 5.91 Å². The van der Waals surface area contributed by atoms with Crippen molar-refractivity contribution in [3.63, 3.8) is 0 Å². The van der Waals surface area contributed by atoms with E-state index in [0.717, 1.165) is 11.3 Å². The maximum absolute atomic E-state index is 12.5. The van der Waals surface area contributed by atoms with E-state index in [4.69, 9.17) is 9.47 Å². The van der Waals surface area contributed by atoms with Crippen LogP contribution in [0.25, 0.3) is 6.08 Å². The lowest BCUT2D eigenvalue weighted by molar-refractivity contribution is -0.146. The molecule has 0 spiro atoms. The van der Waals surface area contributed by atoms with Crippen LogP contribution < -0.4 is 4.74 Å². The van der Waals surface area contributed by atoms with Gasteiger partial charge in [0.1, 0.15) is 5.75 Å². The van der Waals surface area contributed by atoms with E-state index in [9.17, 15) is 9.59 Å². The standard InChI is InChI=1S/C20H29NO4/c1-14(2)21(13-16(5)20(23)24-6)19(22)11-10-17-8-7-9-18(12-17)25-15(3)4/h7-12,14-16H,13H2,1-6H3/b11-10+. The Bertz CT molecular complexity index is 607. The van der Waals surface area contributed by atoms with Crippen molar-refractivity contribution < 1.29 is 19.1 Å². The van der Waals surface area contributed by atoms with Gasteiger partial charge in [-0.05, 0) is 51.5 Å². The molecule has 1 aromatic rings. The van der Waals surface area contributed by atoms with Crippen LogP contribution in [0.1, 0.15) is 40.2 Å². The summed E-state index contributed by atoms with van der Waals surface area (Å²) in [4.78, 5) is 25.8. The highest BCUT2D eigenvalue weighted by Crippen LogP contribution is 2.16. The number of rotatable bonds is 8. The van der Waals surface area contributed by atoms with Gasteiger partial charge in [-0.25, -0.2) is 0 Å². The Balaban J connectivity index is 2.82. The normalized spacial score (nSPS) is 12.5. The Hall–Kier alpha value is -2.30. The van der Waals surface area contributed by atoms with E-state index in [1.807, 2.05) is 52.0 Å². The molecule has 0 radical (unpaired) electrons. The minimum atomic E-state index is -0.368. The molecule has 1 rings (SSSR count). The van der Waals surface area contributed by atoms with Crippen molar-refractivity contribution in [1.29, 1.82) is 0 Å². The molecule has 0 N–H and O–H groups in total. The molecule has 0 saturated heterocycles. The first-order chi connectivity index (χ1) is 11.7. The van der Waals surface area contributed by atoms with Gasteiger partial charge in [0.05, 0.1) is 19.1 Å². The van der Waals surface area contributed by atoms with E-state index in [2.05, 4.69) is 0 Å². The van der Waals surface area contributed by atoms with Crippen molar-refractivity contribution >= 4 is 18.0 Å². The van der Waals surface area contributed by atoms with E-state index < -0.39 is 0 Å². The lowest BCUT2D eigenvalue weighted by atomic mass is 10.1. The van der Waals surface area contributed by atoms with E-state index in [1.165, 1.54) is 13.2 Å². The van der Waals surface area contributed by atoms with E-state index in [0.29, 0.717) is 6.54 Å². The van der Waals surface area contributed by atoms with E-state index >= 15 is 0 Å². The SMILES string of the molecule is COC(=O)C(C)CN(C(=O)/C=C/c1cccc(OC(C)C)c1)C(C)C. The number of esters is 1. The summed E-state index contributed by atoms with van der Waals surface area (Å²) in [6.07, 6.45) is 3.38. The minimum absolute atomic E-state index is 0.0140. The maximum atomic E-state index is 12.5. The Morgan fingerprint density at radius 2 is 1.84 bits per heavy atom. The van der Waals surface area contributed by atoms with Crippen LogP contribution in [0.3, 0.4) is 0 Å². The first kappa shape index (κ1) is 20.7. The Morgan fingerprint density at radius 1 is 1.16 bits per heavy atom. The maximum Gasteiger partial charge on any atom is 0.310 e. The molecule has 5 nitrogen and oxygen atoms in total. The third-order valence-corrected chi connectivity index (χ3v) is 3.63. The second-order valence-electron chi connectivity index (χ2n) is 6.58. The van der Waals surface area contributed by atoms with Crippen LogP contribution in [0, 0.1) is 5.92 Å². The Labute approximate surface area is 150 Å². The van der Waals surface area contributed by atoms with E-state index in [-0.39, 0.29) is 29.9 Å². The fourth-order valence-electron chi connectivity index (χ4n) is 2.35. The molecule has 0 bridgehead atoms. The molecule has 0 aromatic heterocycles. The molecule has 1 amide bonds. The van der Waals surface area contributed by atoms with Gasteiger partial charge in [0, 0.05) is 18.7 Å². The second kappa shape index (κ2) is 9.87. The number of carbonyl (C=O) groups is 2. The molecule has 1 atom stereocenters. The zero-order valence-corrected chi connectivity index (χ0v) is 16.0. The van der Waals surface area contributed by atoms with Crippen LogP contribution in [0.5, 0.6) is 5.75 Å². The van der Waals surface area contributed by atoms with Crippen molar-refractivity contribution in [1.82, 2.24) is 4.90 Å². The zero-order valence-electron chi connectivity index (χ0n) is 16.0. The zero-order chi connectivity index (χ0) is 19.0. The molecule has 0 saturated carbocycles. The molecule has 0 heterocycles. The summed E-state index contributed by atoms with van der Waals surface area (Å²) < 4.78 is 10.4. The van der Waals surface area contributed by atoms with Crippen LogP contribution in [0.4, 0.5) is 0 Å². The van der Waals surface area contributed by atoms with Gasteiger partial charge < -0.3 is 14.4 Å². The summed E-state index contributed by atoms with van der Waals surface area (Å²) in [5.41, 5.74) is 0.885. The van der Waals surface area contributed by atoms with Gasteiger partial charge >= 0.3 is 5.97 Å². The first-order valence-electron chi connectivity index (χ1n) is 8.57. The minimum Gasteiger partial charge on any atom is -0.491 e. The predicted molar refractivity (Wildman–Crippen MR) is 99.3 cm³/mol. The molecule has 1 aromatic carbocycles. The average molecular weight is 347 g/mol. The number of hydrogen-bond acceptors (Lipinski definition) is 4. The summed E-state index contributed by atoms with van der Waals surface area (Å²) in [6.45, 7) is 9.86. The van der Waals surface area contributed by atoms with Crippen molar-refractivity contribution in [3.05, 3.63) is 35.9 Å². The Kier molecular flexibility index (Phi) is 8.19. The van der Waals surface area contributed by atoms with Crippen LogP contribution in [0.15, 0.2) is 30.3 Å². The van der Waals surface area contributed by atoms with Crippen LogP contribution in [-0.2, 0) is 14.3 Å². The third kappa shape index (κ3) is 6.99. The second-order valence-corrected chi connectivity index (χ2v) is 6.58. The highest BCUT2D eigenvalue weighted by molar-refractivity contribution is 5.92. The predicted octanol–water partition coefficient (Wildman–Crippen LogP) is 3.53. The smallest absolute Gasteiger partial charge is 0.310 e. The van der Waals surface area contributed by atoms with Crippen molar-refractivity contribution in [2.24, 2.45) is 5.92 Å². The van der Waals surface area contributed by atoms with Crippen LogP contribution in [0.2, 0.25) is 0 Å². The highest BCUT2D eigenvalue weighted by atomic mass is 16.5. The van der Waals surface area contributed by atoms with Crippen LogP contribution in [-0.4, -0.2) is 42.6 Å². The fourth-order valence-corrected chi connectivity index (χ4v) is 2.35. The Morgan fingerprint density at radius 3 is 2.40 bits per heavy atom. The molecule has 25 heavy (non-hydrogen) atoms. The number of amides is 1. The first-order valence-corrected chi connectivity index (χ1v) is 8.57. The molecule has 0 aliphatic heterocycles. The van der Waals surface area contributed by atoms with Gasteiger partial charge in [-0.1, -0.05) is 19.1 Å². The largest absolute Gasteiger partial charge is 0.491 e. The van der Waals surface area contributed by atoms with Gasteiger partial charge in [0.25, 0.3) is 0 Å². The van der Waals surface area contributed by atoms with Crippen molar-refractivity contribution in [3.8, 4) is 5.75 Å². The lowest BCUT2D eigenvalue weighted by Gasteiger charge is -2.27. The topological polar surface area (TPSA) is 55.8 Å². The highest BCUT2D eigenvalue weighted by Gasteiger charge is 2.22. The molecule has 5 heteroatoms. The fraction of sp³-hybridized carbons (Fsp3) is 0.500. The molecule has 0 aliphatic carbocycles. The monoisotopic (exact) mass is 347 g/mol. The van der Waals surface area contributed by atoms with Crippen molar-refractivity contribution in [2.45, 2.75) is 46.8 Å². The molecule has 1 unspecified atom stereocenters.